The van der Waals surface area contributed by atoms with Crippen molar-refractivity contribution in [3.05, 3.63) is 24.0 Å². The maximum absolute atomic E-state index is 5.94. The van der Waals surface area contributed by atoms with Gasteiger partial charge in [-0.2, -0.15) is 0 Å². The number of hydrogen-bond donors (Lipinski definition) is 0. The second-order valence-corrected chi connectivity index (χ2v) is 4.57. The summed E-state index contributed by atoms with van der Waals surface area (Å²) in [6.45, 7) is 6.00. The molecule has 0 unspecified atom stereocenters. The summed E-state index contributed by atoms with van der Waals surface area (Å²) < 4.78 is 5.72. The van der Waals surface area contributed by atoms with Gasteiger partial charge in [0.25, 0.3) is 0 Å². The Bertz CT molecular complexity index is 349. The first-order valence-electron chi connectivity index (χ1n) is 5.60. The predicted octanol–water partition coefficient (Wildman–Crippen LogP) is 2.43. The molecule has 1 saturated heterocycles. The van der Waals surface area contributed by atoms with Crippen molar-refractivity contribution in [3.8, 4) is 0 Å². The van der Waals surface area contributed by atoms with Crippen LogP contribution in [0.25, 0.3) is 0 Å². The minimum Gasteiger partial charge on any atom is -0.372 e. The molecule has 1 aromatic heterocycles. The van der Waals surface area contributed by atoms with E-state index in [4.69, 9.17) is 16.3 Å². The van der Waals surface area contributed by atoms with Gasteiger partial charge in [0.2, 0.25) is 0 Å². The number of halogens is 1. The van der Waals surface area contributed by atoms with Gasteiger partial charge >= 0.3 is 0 Å². The number of morpholine rings is 1. The summed E-state index contributed by atoms with van der Waals surface area (Å²) in [7, 11) is 0. The van der Waals surface area contributed by atoms with Crippen molar-refractivity contribution >= 4 is 17.3 Å². The van der Waals surface area contributed by atoms with Crippen LogP contribution in [0.5, 0.6) is 0 Å². The van der Waals surface area contributed by atoms with Gasteiger partial charge in [0.15, 0.2) is 0 Å². The second kappa shape index (κ2) is 5.02. The molecule has 2 heterocycles. The minimum atomic E-state index is 0.257. The first kappa shape index (κ1) is 11.7. The lowest BCUT2D eigenvalue weighted by molar-refractivity contribution is -0.00526. The second-order valence-electron chi connectivity index (χ2n) is 4.30. The van der Waals surface area contributed by atoms with E-state index in [1.165, 1.54) is 0 Å². The predicted molar refractivity (Wildman–Crippen MR) is 66.0 cm³/mol. The molecular weight excluding hydrogens is 224 g/mol. The fourth-order valence-electron chi connectivity index (χ4n) is 2.19. The number of rotatable bonds is 2. The molecule has 1 aliphatic heterocycles. The molecular formula is C12H17ClN2O. The average Bonchev–Trinajstić information content (AvgIpc) is 2.27. The molecule has 16 heavy (non-hydrogen) atoms. The molecule has 0 N–H and O–H groups in total. The monoisotopic (exact) mass is 240 g/mol. The van der Waals surface area contributed by atoms with Crippen molar-refractivity contribution < 1.29 is 4.74 Å². The zero-order valence-corrected chi connectivity index (χ0v) is 10.4. The fourth-order valence-corrected chi connectivity index (χ4v) is 2.41. The molecule has 0 radical (unpaired) electrons. The van der Waals surface area contributed by atoms with Crippen LogP contribution in [0.15, 0.2) is 18.5 Å². The SMILES string of the molecule is C[C@@H]1CN(c2cnccc2CCl)C[C@H](C)O1. The fraction of sp³-hybridized carbons (Fsp3) is 0.583. The molecule has 3 nitrogen and oxygen atoms in total. The molecule has 0 saturated carbocycles. The van der Waals surface area contributed by atoms with Crippen LogP contribution in [0.2, 0.25) is 0 Å². The van der Waals surface area contributed by atoms with Crippen molar-refractivity contribution in [1.29, 1.82) is 0 Å². The van der Waals surface area contributed by atoms with E-state index in [2.05, 4.69) is 23.7 Å². The van der Waals surface area contributed by atoms with Gasteiger partial charge in [-0.25, -0.2) is 0 Å². The summed E-state index contributed by atoms with van der Waals surface area (Å²) >= 11 is 5.94. The summed E-state index contributed by atoms with van der Waals surface area (Å²) in [5.74, 6) is 0.526. The Morgan fingerprint density at radius 2 is 2.12 bits per heavy atom. The van der Waals surface area contributed by atoms with Crippen molar-refractivity contribution in [1.82, 2.24) is 4.98 Å². The van der Waals surface area contributed by atoms with Gasteiger partial charge in [-0.15, -0.1) is 11.6 Å². The Morgan fingerprint density at radius 1 is 1.44 bits per heavy atom. The maximum atomic E-state index is 5.94. The van der Waals surface area contributed by atoms with Gasteiger partial charge in [-0.05, 0) is 25.5 Å². The van der Waals surface area contributed by atoms with Gasteiger partial charge in [0, 0.05) is 25.2 Å². The molecule has 0 aliphatic carbocycles. The lowest BCUT2D eigenvalue weighted by atomic mass is 10.1. The molecule has 2 atom stereocenters. The molecule has 1 fully saturated rings. The third kappa shape index (κ3) is 2.47. The molecule has 2 rings (SSSR count). The molecule has 0 amide bonds. The van der Waals surface area contributed by atoms with Gasteiger partial charge in [0.1, 0.15) is 0 Å². The van der Waals surface area contributed by atoms with Crippen molar-refractivity contribution in [2.45, 2.75) is 31.9 Å². The third-order valence-electron chi connectivity index (χ3n) is 2.79. The number of pyridine rings is 1. The lowest BCUT2D eigenvalue weighted by Gasteiger charge is -2.37. The van der Waals surface area contributed by atoms with Crippen LogP contribution < -0.4 is 4.90 Å². The van der Waals surface area contributed by atoms with Gasteiger partial charge in [0.05, 0.1) is 24.1 Å². The highest BCUT2D eigenvalue weighted by Gasteiger charge is 2.23. The summed E-state index contributed by atoms with van der Waals surface area (Å²) in [6, 6.07) is 1.98. The third-order valence-corrected chi connectivity index (χ3v) is 3.08. The van der Waals surface area contributed by atoms with Crippen molar-refractivity contribution in [2.75, 3.05) is 18.0 Å². The highest BCUT2D eigenvalue weighted by atomic mass is 35.5. The van der Waals surface area contributed by atoms with Crippen LogP contribution in [0, 0.1) is 0 Å². The Balaban J connectivity index is 2.22. The lowest BCUT2D eigenvalue weighted by Crippen LogP contribution is -2.45. The topological polar surface area (TPSA) is 25.4 Å². The number of nitrogens with zero attached hydrogens (tertiary/aromatic N) is 2. The van der Waals surface area contributed by atoms with E-state index in [0.717, 1.165) is 24.3 Å². The van der Waals surface area contributed by atoms with E-state index in [1.807, 2.05) is 12.3 Å². The van der Waals surface area contributed by atoms with Crippen LogP contribution in [-0.4, -0.2) is 30.3 Å². The molecule has 88 valence electrons. The van der Waals surface area contributed by atoms with E-state index < -0.39 is 0 Å². The van der Waals surface area contributed by atoms with Crippen molar-refractivity contribution in [3.63, 3.8) is 0 Å². The standard InChI is InChI=1S/C12H17ClN2O/c1-9-7-15(8-10(2)16-9)12-6-14-4-3-11(12)5-13/h3-4,6,9-10H,5,7-8H2,1-2H3/t9-,10+. The highest BCUT2D eigenvalue weighted by molar-refractivity contribution is 6.17. The largest absolute Gasteiger partial charge is 0.372 e. The molecule has 0 bridgehead atoms. The molecule has 1 aliphatic rings. The molecule has 0 aromatic carbocycles. The number of aromatic nitrogens is 1. The average molecular weight is 241 g/mol. The van der Waals surface area contributed by atoms with E-state index in [0.29, 0.717) is 5.88 Å². The molecule has 4 heteroatoms. The summed E-state index contributed by atoms with van der Waals surface area (Å²) in [5.41, 5.74) is 2.28. The van der Waals surface area contributed by atoms with Gasteiger partial charge in [-0.3, -0.25) is 4.98 Å². The zero-order valence-electron chi connectivity index (χ0n) is 9.69. The summed E-state index contributed by atoms with van der Waals surface area (Å²) in [6.07, 6.45) is 4.19. The minimum absolute atomic E-state index is 0.257. The van der Waals surface area contributed by atoms with Crippen LogP contribution in [0.3, 0.4) is 0 Å². The number of alkyl halides is 1. The summed E-state index contributed by atoms with van der Waals surface area (Å²) in [5, 5.41) is 0. The van der Waals surface area contributed by atoms with Crippen LogP contribution in [-0.2, 0) is 10.6 Å². The quantitative estimate of drug-likeness (QED) is 0.743. The zero-order chi connectivity index (χ0) is 11.5. The maximum Gasteiger partial charge on any atom is 0.0726 e. The van der Waals surface area contributed by atoms with Gasteiger partial charge < -0.3 is 9.64 Å². The van der Waals surface area contributed by atoms with E-state index >= 15 is 0 Å². The Kier molecular flexibility index (Phi) is 3.66. The van der Waals surface area contributed by atoms with Crippen molar-refractivity contribution in [2.24, 2.45) is 0 Å². The Labute approximate surface area is 101 Å². The van der Waals surface area contributed by atoms with Gasteiger partial charge in [-0.1, -0.05) is 0 Å². The first-order chi connectivity index (χ1) is 7.70. The Hall–Kier alpha value is -0.800. The highest BCUT2D eigenvalue weighted by Crippen LogP contribution is 2.24. The first-order valence-corrected chi connectivity index (χ1v) is 6.13. The number of hydrogen-bond acceptors (Lipinski definition) is 3. The van der Waals surface area contributed by atoms with Crippen LogP contribution >= 0.6 is 11.6 Å². The Morgan fingerprint density at radius 3 is 2.75 bits per heavy atom. The van der Waals surface area contributed by atoms with Crippen LogP contribution in [0.4, 0.5) is 5.69 Å². The van der Waals surface area contributed by atoms with E-state index in [9.17, 15) is 0 Å². The summed E-state index contributed by atoms with van der Waals surface area (Å²) in [4.78, 5) is 6.49. The van der Waals surface area contributed by atoms with Crippen LogP contribution in [0.1, 0.15) is 19.4 Å². The number of ether oxygens (including phenoxy) is 1. The molecule has 1 aromatic rings. The van der Waals surface area contributed by atoms with E-state index in [-0.39, 0.29) is 12.2 Å². The number of anilines is 1. The smallest absolute Gasteiger partial charge is 0.0726 e. The van der Waals surface area contributed by atoms with E-state index in [1.54, 1.807) is 6.20 Å². The normalized spacial score (nSPS) is 25.8. The molecule has 0 spiro atoms.